The zero-order chi connectivity index (χ0) is 37.3. The van der Waals surface area contributed by atoms with Crippen molar-refractivity contribution in [3.63, 3.8) is 0 Å². The lowest BCUT2D eigenvalue weighted by molar-refractivity contribution is -0.141. The van der Waals surface area contributed by atoms with Crippen molar-refractivity contribution in [3.05, 3.63) is 131 Å². The molecule has 0 aliphatic carbocycles. The first-order valence-corrected chi connectivity index (χ1v) is 14.4. The quantitative estimate of drug-likeness (QED) is 0.105. The van der Waals surface area contributed by atoms with Gasteiger partial charge in [-0.05, 0) is 82.3 Å². The van der Waals surface area contributed by atoms with E-state index in [-0.39, 0.29) is 44.9 Å². The van der Waals surface area contributed by atoms with Crippen LogP contribution in [-0.2, 0) is 25.4 Å². The first-order valence-electron chi connectivity index (χ1n) is 14.4. The van der Waals surface area contributed by atoms with Crippen LogP contribution < -0.4 is 18.9 Å². The highest BCUT2D eigenvalue weighted by atomic mass is 19.4. The Labute approximate surface area is 286 Å². The lowest BCUT2D eigenvalue weighted by Crippen LogP contribution is -2.18. The zero-order valence-corrected chi connectivity index (χ0v) is 27.4. The number of rotatable bonds is 8. The Morgan fingerprint density at radius 3 is 1.34 bits per heavy atom. The molecule has 0 aliphatic rings. The minimum atomic E-state index is -5.17. The molecular weight excluding hydrogens is 653 g/mol. The summed E-state index contributed by atoms with van der Waals surface area (Å²) in [6, 6.07) is 12.0. The molecule has 0 amide bonds. The van der Waals surface area contributed by atoms with E-state index in [4.69, 9.17) is 18.9 Å². The van der Waals surface area contributed by atoms with Gasteiger partial charge in [-0.15, -0.1) is 0 Å². The summed E-state index contributed by atoms with van der Waals surface area (Å²) in [7, 11) is 0. The molecule has 11 heteroatoms. The zero-order valence-electron chi connectivity index (χ0n) is 27.4. The van der Waals surface area contributed by atoms with Crippen molar-refractivity contribution in [1.29, 1.82) is 0 Å². The van der Waals surface area contributed by atoms with Crippen molar-refractivity contribution in [2.75, 3.05) is 0 Å². The van der Waals surface area contributed by atoms with Crippen LogP contribution in [0.2, 0.25) is 0 Å². The maximum absolute atomic E-state index is 14.8. The Kier molecular flexibility index (Phi) is 12.1. The van der Waals surface area contributed by atoms with Crippen molar-refractivity contribution in [1.82, 2.24) is 0 Å². The van der Waals surface area contributed by atoms with E-state index < -0.39 is 58.2 Å². The fourth-order valence-corrected chi connectivity index (χ4v) is 3.56. The standard InChI is InChI=1S/C39H29F3O8/c1-22(2)35(43)47-29-16-10-26(11-17-29)9-15-28-21-32(49-37(45)24(5)6)31(34(33(28)39(40,41)42)50-38(46)25(7)8)20-14-27-12-18-30(19-13-27)48-36(44)23(3)4/h10-13,16-19,21H,1,3,5,7H2,2,4,6,8H3. The molecule has 0 aromatic heterocycles. The molecule has 0 fully saturated rings. The first kappa shape index (κ1) is 37.9. The van der Waals surface area contributed by atoms with E-state index in [1.165, 1.54) is 76.2 Å². The van der Waals surface area contributed by atoms with Gasteiger partial charge in [0.15, 0.2) is 11.5 Å². The SMILES string of the molecule is C=C(C)C(=O)Oc1ccc(C#Cc2cc(OC(=O)C(=C)C)c(C#Cc3ccc(OC(=O)C(=C)C)cc3)c(OC(=O)C(=C)C)c2C(F)(F)F)cc1. The van der Waals surface area contributed by atoms with E-state index in [1.807, 2.05) is 0 Å². The number of esters is 4. The summed E-state index contributed by atoms with van der Waals surface area (Å²) in [4.78, 5) is 48.9. The molecule has 3 rings (SSSR count). The van der Waals surface area contributed by atoms with Gasteiger partial charge in [-0.3, -0.25) is 0 Å². The lowest BCUT2D eigenvalue weighted by Gasteiger charge is -2.19. The summed E-state index contributed by atoms with van der Waals surface area (Å²) in [5.74, 6) is 5.32. The second-order valence-corrected chi connectivity index (χ2v) is 10.7. The highest BCUT2D eigenvalue weighted by molar-refractivity contribution is 5.92. The van der Waals surface area contributed by atoms with Crippen LogP contribution in [-0.4, -0.2) is 23.9 Å². The molecule has 3 aromatic carbocycles. The Morgan fingerprint density at radius 2 is 0.940 bits per heavy atom. The third kappa shape index (κ3) is 10.2. The molecule has 0 atom stereocenters. The van der Waals surface area contributed by atoms with Crippen molar-refractivity contribution in [2.24, 2.45) is 0 Å². The maximum Gasteiger partial charge on any atom is 0.421 e. The molecule has 0 heterocycles. The average Bonchev–Trinajstić information content (AvgIpc) is 3.03. The van der Waals surface area contributed by atoms with Gasteiger partial charge in [0.25, 0.3) is 0 Å². The van der Waals surface area contributed by atoms with Gasteiger partial charge in [-0.1, -0.05) is 50.0 Å². The van der Waals surface area contributed by atoms with Gasteiger partial charge in [0.1, 0.15) is 22.6 Å². The predicted molar refractivity (Wildman–Crippen MR) is 178 cm³/mol. The summed E-state index contributed by atoms with van der Waals surface area (Å²) in [6.45, 7) is 19.4. The monoisotopic (exact) mass is 682 g/mol. The maximum atomic E-state index is 14.8. The molecule has 3 aromatic rings. The van der Waals surface area contributed by atoms with Crippen molar-refractivity contribution in [2.45, 2.75) is 33.9 Å². The van der Waals surface area contributed by atoms with E-state index in [0.717, 1.165) is 6.07 Å². The molecule has 0 saturated carbocycles. The molecule has 0 radical (unpaired) electrons. The predicted octanol–water partition coefficient (Wildman–Crippen LogP) is 7.43. The van der Waals surface area contributed by atoms with Crippen molar-refractivity contribution in [3.8, 4) is 46.7 Å². The number of carbonyl (C=O) groups is 4. The fourth-order valence-electron chi connectivity index (χ4n) is 3.56. The third-order valence-electron chi connectivity index (χ3n) is 6.12. The molecule has 254 valence electrons. The smallest absolute Gasteiger partial charge is 0.421 e. The number of carbonyl (C=O) groups excluding carboxylic acids is 4. The van der Waals surface area contributed by atoms with E-state index >= 15 is 0 Å². The van der Waals surface area contributed by atoms with E-state index in [2.05, 4.69) is 50.0 Å². The fraction of sp³-hybridized carbons (Fsp3) is 0.128. The highest BCUT2D eigenvalue weighted by Crippen LogP contribution is 2.44. The largest absolute Gasteiger partial charge is 0.423 e. The van der Waals surface area contributed by atoms with Crippen LogP contribution in [0.15, 0.2) is 103 Å². The summed E-state index contributed by atoms with van der Waals surface area (Å²) in [5.41, 5.74) is -2.35. The molecular formula is C39H29F3O8. The Bertz CT molecular complexity index is 2060. The Hall–Kier alpha value is -6.59. The summed E-state index contributed by atoms with van der Waals surface area (Å²) in [6.07, 6.45) is -5.17. The van der Waals surface area contributed by atoms with Crippen LogP contribution in [0, 0.1) is 23.7 Å². The summed E-state index contributed by atoms with van der Waals surface area (Å²) >= 11 is 0. The number of halogens is 3. The molecule has 8 nitrogen and oxygen atoms in total. The van der Waals surface area contributed by atoms with Crippen LogP contribution in [0.3, 0.4) is 0 Å². The molecule has 0 aliphatic heterocycles. The van der Waals surface area contributed by atoms with Crippen molar-refractivity contribution < 1.29 is 51.3 Å². The summed E-state index contributed by atoms with van der Waals surface area (Å²) < 4.78 is 65.4. The van der Waals surface area contributed by atoms with Crippen LogP contribution in [0.5, 0.6) is 23.0 Å². The van der Waals surface area contributed by atoms with Gasteiger partial charge in [-0.25, -0.2) is 19.2 Å². The Morgan fingerprint density at radius 1 is 0.560 bits per heavy atom. The number of ether oxygens (including phenoxy) is 4. The highest BCUT2D eigenvalue weighted by Gasteiger charge is 2.40. The molecule has 0 N–H and O–H groups in total. The third-order valence-corrected chi connectivity index (χ3v) is 6.12. The van der Waals surface area contributed by atoms with Gasteiger partial charge in [0.05, 0.1) is 0 Å². The van der Waals surface area contributed by atoms with Crippen LogP contribution in [0.25, 0.3) is 0 Å². The van der Waals surface area contributed by atoms with E-state index in [0.29, 0.717) is 0 Å². The second-order valence-electron chi connectivity index (χ2n) is 10.7. The number of alkyl halides is 3. The lowest BCUT2D eigenvalue weighted by atomic mass is 9.99. The van der Waals surface area contributed by atoms with Gasteiger partial charge >= 0.3 is 30.1 Å². The minimum Gasteiger partial charge on any atom is -0.423 e. The molecule has 50 heavy (non-hydrogen) atoms. The van der Waals surface area contributed by atoms with Crippen LogP contribution >= 0.6 is 0 Å². The molecule has 0 spiro atoms. The van der Waals surface area contributed by atoms with E-state index in [1.54, 1.807) is 0 Å². The Balaban J connectivity index is 2.27. The number of benzene rings is 3. The topological polar surface area (TPSA) is 105 Å². The van der Waals surface area contributed by atoms with Gasteiger partial charge in [0.2, 0.25) is 0 Å². The minimum absolute atomic E-state index is 0.0933. The molecule has 0 unspecified atom stereocenters. The van der Waals surface area contributed by atoms with Crippen molar-refractivity contribution >= 4 is 23.9 Å². The molecule has 0 saturated heterocycles. The number of hydrogen-bond acceptors (Lipinski definition) is 8. The van der Waals surface area contributed by atoms with Gasteiger partial charge < -0.3 is 18.9 Å². The van der Waals surface area contributed by atoms with Crippen LogP contribution in [0.4, 0.5) is 13.2 Å². The van der Waals surface area contributed by atoms with E-state index in [9.17, 15) is 32.3 Å². The van der Waals surface area contributed by atoms with Gasteiger partial charge in [0, 0.05) is 39.0 Å². The molecule has 0 bridgehead atoms. The summed E-state index contributed by atoms with van der Waals surface area (Å²) in [5, 5.41) is 0. The average molecular weight is 683 g/mol. The van der Waals surface area contributed by atoms with Crippen LogP contribution in [0.1, 0.15) is 55.5 Å². The normalized spacial score (nSPS) is 10.2. The van der Waals surface area contributed by atoms with Gasteiger partial charge in [-0.2, -0.15) is 13.2 Å². The first-order chi connectivity index (χ1) is 23.4. The second kappa shape index (κ2) is 16.0. The number of hydrogen-bond donors (Lipinski definition) is 0.